The molecule has 1 saturated heterocycles. The van der Waals surface area contributed by atoms with E-state index in [1.54, 1.807) is 30.3 Å². The molecule has 2 heterocycles. The van der Waals surface area contributed by atoms with Gasteiger partial charge in [-0.1, -0.05) is 48.2 Å². The van der Waals surface area contributed by atoms with Crippen LogP contribution in [0.2, 0.25) is 0 Å². The Bertz CT molecular complexity index is 1380. The molecule has 11 heteroatoms. The lowest BCUT2D eigenvalue weighted by molar-refractivity contribution is -0.205. The normalized spacial score (nSPS) is 23.0. The molecule has 10 nitrogen and oxygen atoms in total. The van der Waals surface area contributed by atoms with E-state index in [0.29, 0.717) is 11.1 Å². The maximum absolute atomic E-state index is 13.0. The molecule has 0 spiro atoms. The number of nitrogens with zero attached hydrogens (tertiary/aromatic N) is 2. The third-order valence-electron chi connectivity index (χ3n) is 6.22. The minimum Gasteiger partial charge on any atom is -0.504 e. The largest absolute Gasteiger partial charge is 0.504 e. The first-order valence-corrected chi connectivity index (χ1v) is 12.5. The lowest BCUT2D eigenvalue weighted by Crippen LogP contribution is -2.57. The van der Waals surface area contributed by atoms with E-state index in [4.69, 9.17) is 9.47 Å². The Balaban J connectivity index is 1.99. The molecule has 3 aromatic rings. The molecule has 4 rings (SSSR count). The van der Waals surface area contributed by atoms with Crippen LogP contribution in [0.4, 0.5) is 0 Å². The molecule has 5 atom stereocenters. The first kappa shape index (κ1) is 27.5. The fraction of sp³-hybridized carbons (Fsp3) is 0.296. The number of carbonyl (C=O) groups is 1. The molecule has 0 unspecified atom stereocenters. The Morgan fingerprint density at radius 1 is 1.11 bits per heavy atom. The molecule has 5 N–H and O–H groups in total. The zero-order valence-electron chi connectivity index (χ0n) is 20.5. The van der Waals surface area contributed by atoms with Crippen molar-refractivity contribution < 1.29 is 39.8 Å². The van der Waals surface area contributed by atoms with Crippen LogP contribution in [-0.2, 0) is 4.74 Å². The Labute approximate surface area is 222 Å². The standard InChI is InChI=1S/C27H26N2O8S/c1-13(31)20-21(15-8-9-17(32)18(10-15)36-2)16(11-28)26(29-22(20)14-6-4-3-5-7-14)38-27-25(35)24(34)23(33)19(12-30)37-27/h3-10,19,23-25,27,30,32-35H,12H2,1-2H3/t19-,23-,24+,25-,27+/m1/s1. The number of ketones is 1. The molecule has 0 amide bonds. The molecule has 0 aliphatic carbocycles. The number of hydrogen-bond donors (Lipinski definition) is 5. The Hall–Kier alpha value is -3.50. The van der Waals surface area contributed by atoms with Gasteiger partial charge in [-0.3, -0.25) is 4.79 Å². The van der Waals surface area contributed by atoms with Crippen molar-refractivity contribution in [2.75, 3.05) is 13.7 Å². The van der Waals surface area contributed by atoms with Gasteiger partial charge in [0.1, 0.15) is 40.9 Å². The van der Waals surface area contributed by atoms with Crippen LogP contribution in [-0.4, -0.2) is 79.9 Å². The summed E-state index contributed by atoms with van der Waals surface area (Å²) in [5.41, 5.74) is 0.439. The van der Waals surface area contributed by atoms with E-state index < -0.39 is 36.5 Å². The fourth-order valence-electron chi connectivity index (χ4n) is 4.30. The summed E-state index contributed by atoms with van der Waals surface area (Å²) in [5.74, 6) is -0.367. The van der Waals surface area contributed by atoms with Gasteiger partial charge in [0.25, 0.3) is 0 Å². The predicted molar refractivity (Wildman–Crippen MR) is 138 cm³/mol. The van der Waals surface area contributed by atoms with Gasteiger partial charge >= 0.3 is 0 Å². The molecule has 0 radical (unpaired) electrons. The van der Waals surface area contributed by atoms with Crippen molar-refractivity contribution >= 4 is 17.5 Å². The van der Waals surface area contributed by atoms with E-state index in [-0.39, 0.29) is 44.7 Å². The van der Waals surface area contributed by atoms with Gasteiger partial charge in [-0.15, -0.1) is 0 Å². The molecule has 2 aromatic carbocycles. The number of aliphatic hydroxyl groups excluding tert-OH is 4. The lowest BCUT2D eigenvalue weighted by Gasteiger charge is -2.39. The number of benzene rings is 2. The minimum absolute atomic E-state index is 0.00964. The summed E-state index contributed by atoms with van der Waals surface area (Å²) >= 11 is 0.820. The van der Waals surface area contributed by atoms with Crippen LogP contribution in [0.3, 0.4) is 0 Å². The number of aromatic hydroxyl groups is 1. The molecule has 38 heavy (non-hydrogen) atoms. The van der Waals surface area contributed by atoms with E-state index in [9.17, 15) is 35.6 Å². The highest BCUT2D eigenvalue weighted by molar-refractivity contribution is 7.99. The second kappa shape index (κ2) is 11.5. The van der Waals surface area contributed by atoms with Crippen LogP contribution in [0, 0.1) is 11.3 Å². The number of ether oxygens (including phenoxy) is 2. The predicted octanol–water partition coefficient (Wildman–Crippen LogP) is 2.10. The number of rotatable bonds is 7. The molecular formula is C27H26N2O8S. The molecule has 1 aliphatic heterocycles. The van der Waals surface area contributed by atoms with Crippen LogP contribution in [0.5, 0.6) is 11.5 Å². The molecule has 1 fully saturated rings. The number of thioether (sulfide) groups is 1. The van der Waals surface area contributed by atoms with Gasteiger partial charge in [-0.25, -0.2) is 4.98 Å². The molecule has 0 saturated carbocycles. The summed E-state index contributed by atoms with van der Waals surface area (Å²) in [4.78, 5) is 17.7. The second-order valence-corrected chi connectivity index (χ2v) is 9.71. The third-order valence-corrected chi connectivity index (χ3v) is 7.36. The monoisotopic (exact) mass is 538 g/mol. The molecule has 198 valence electrons. The van der Waals surface area contributed by atoms with Crippen LogP contribution in [0.15, 0.2) is 53.6 Å². The van der Waals surface area contributed by atoms with Gasteiger partial charge in [0, 0.05) is 11.1 Å². The Morgan fingerprint density at radius 2 is 1.82 bits per heavy atom. The highest BCUT2D eigenvalue weighted by Crippen LogP contribution is 2.43. The number of pyridine rings is 1. The number of phenols is 1. The second-order valence-electron chi connectivity index (χ2n) is 8.63. The van der Waals surface area contributed by atoms with Crippen molar-refractivity contribution in [3.8, 4) is 40.0 Å². The molecule has 1 aliphatic rings. The minimum atomic E-state index is -1.62. The molecular weight excluding hydrogens is 512 g/mol. The highest BCUT2D eigenvalue weighted by Gasteiger charge is 2.44. The lowest BCUT2D eigenvalue weighted by atomic mass is 9.90. The van der Waals surface area contributed by atoms with Gasteiger partial charge < -0.3 is 35.0 Å². The fourth-order valence-corrected chi connectivity index (χ4v) is 5.43. The van der Waals surface area contributed by atoms with Crippen LogP contribution < -0.4 is 4.74 Å². The van der Waals surface area contributed by atoms with Crippen LogP contribution in [0.1, 0.15) is 22.8 Å². The summed E-state index contributed by atoms with van der Waals surface area (Å²) in [5, 5.41) is 61.1. The van der Waals surface area contributed by atoms with Gasteiger partial charge in [0.05, 0.1) is 30.5 Å². The van der Waals surface area contributed by atoms with Gasteiger partial charge in [-0.05, 0) is 24.6 Å². The van der Waals surface area contributed by atoms with Crippen molar-refractivity contribution in [3.05, 3.63) is 59.7 Å². The average molecular weight is 539 g/mol. The number of aromatic nitrogens is 1. The zero-order valence-corrected chi connectivity index (χ0v) is 21.3. The number of nitriles is 1. The maximum Gasteiger partial charge on any atom is 0.162 e. The summed E-state index contributed by atoms with van der Waals surface area (Å²) in [7, 11) is 1.37. The number of hydrogen-bond acceptors (Lipinski definition) is 11. The van der Waals surface area contributed by atoms with E-state index in [1.165, 1.54) is 32.2 Å². The van der Waals surface area contributed by atoms with E-state index in [1.807, 2.05) is 0 Å². The maximum atomic E-state index is 13.0. The van der Waals surface area contributed by atoms with E-state index in [0.717, 1.165) is 11.8 Å². The highest BCUT2D eigenvalue weighted by atomic mass is 32.2. The Kier molecular flexibility index (Phi) is 8.32. The van der Waals surface area contributed by atoms with Gasteiger partial charge in [-0.2, -0.15) is 5.26 Å². The van der Waals surface area contributed by atoms with Crippen LogP contribution >= 0.6 is 11.8 Å². The summed E-state index contributed by atoms with van der Waals surface area (Å²) in [6, 6.07) is 15.4. The van der Waals surface area contributed by atoms with Gasteiger partial charge in [0.15, 0.2) is 17.3 Å². The van der Waals surface area contributed by atoms with Crippen LogP contribution in [0.25, 0.3) is 22.4 Å². The smallest absolute Gasteiger partial charge is 0.162 e. The number of phenolic OH excluding ortho intramolecular Hbond substituents is 1. The van der Waals surface area contributed by atoms with E-state index >= 15 is 0 Å². The summed E-state index contributed by atoms with van der Waals surface area (Å²) in [6.45, 7) is 0.744. The number of aliphatic hydroxyl groups is 4. The molecule has 1 aromatic heterocycles. The molecule has 0 bridgehead atoms. The Morgan fingerprint density at radius 3 is 2.42 bits per heavy atom. The topological polar surface area (TPSA) is 173 Å². The van der Waals surface area contributed by atoms with Crippen molar-refractivity contribution in [2.45, 2.75) is 41.8 Å². The summed E-state index contributed by atoms with van der Waals surface area (Å²) < 4.78 is 10.9. The average Bonchev–Trinajstić information content (AvgIpc) is 2.93. The van der Waals surface area contributed by atoms with Gasteiger partial charge in [0.2, 0.25) is 0 Å². The van der Waals surface area contributed by atoms with Crippen molar-refractivity contribution in [1.82, 2.24) is 4.98 Å². The SMILES string of the molecule is COc1cc(-c2c(C#N)c(S[C@@H]3O[C@H](CO)[C@@H](O)[C@H](O)[C@H]3O)nc(-c3ccccc3)c2C(C)=O)ccc1O. The zero-order chi connectivity index (χ0) is 27.6. The van der Waals surface area contributed by atoms with E-state index in [2.05, 4.69) is 11.1 Å². The van der Waals surface area contributed by atoms with Crippen molar-refractivity contribution in [2.24, 2.45) is 0 Å². The van der Waals surface area contributed by atoms with Crippen molar-refractivity contribution in [3.63, 3.8) is 0 Å². The number of Topliss-reactive ketones (excluding diaryl/α,β-unsaturated/α-hetero) is 1. The van der Waals surface area contributed by atoms with Crippen molar-refractivity contribution in [1.29, 1.82) is 5.26 Å². The number of carbonyl (C=O) groups excluding carboxylic acids is 1. The quantitative estimate of drug-likeness (QED) is 0.279. The first-order chi connectivity index (χ1) is 18.2. The first-order valence-electron chi connectivity index (χ1n) is 11.6. The number of methoxy groups -OCH3 is 1. The summed E-state index contributed by atoms with van der Waals surface area (Å²) in [6.07, 6.45) is -5.89. The third kappa shape index (κ3) is 5.10.